The standard InChI is InChI=1S/C28H32N4O5S/c1-17-6-4-7-18(2)25(17)23-13-24(37-16-19(3)29-21-14-28(15-21)10-11-28)31-27(30-23)32-38(35,36)22-9-5-8-20(12-22)26(33)34/h4-9,12-13,19,21,29H,10-11,14-16H2,1-3H3,(H,33,34)(H,30,31,32)/t19-/m1/s1. The first-order valence-corrected chi connectivity index (χ1v) is 14.2. The predicted molar refractivity (Wildman–Crippen MR) is 144 cm³/mol. The molecular weight excluding hydrogens is 504 g/mol. The summed E-state index contributed by atoms with van der Waals surface area (Å²) < 4.78 is 34.7. The number of aromatic carboxylic acids is 1. The Morgan fingerprint density at radius 3 is 2.45 bits per heavy atom. The van der Waals surface area contributed by atoms with Crippen LogP contribution in [0.25, 0.3) is 11.3 Å². The largest absolute Gasteiger partial charge is 0.478 e. The van der Waals surface area contributed by atoms with Gasteiger partial charge in [-0.1, -0.05) is 24.3 Å². The number of benzene rings is 2. The average Bonchev–Trinajstić information content (AvgIpc) is 3.63. The number of carboxylic acids is 1. The highest BCUT2D eigenvalue weighted by atomic mass is 32.2. The summed E-state index contributed by atoms with van der Waals surface area (Å²) in [6, 6.07) is 13.3. The fraction of sp³-hybridized carbons (Fsp3) is 0.393. The van der Waals surface area contributed by atoms with Crippen LogP contribution in [0.2, 0.25) is 0 Å². The molecule has 3 N–H and O–H groups in total. The van der Waals surface area contributed by atoms with Crippen molar-refractivity contribution >= 4 is 21.9 Å². The van der Waals surface area contributed by atoms with Crippen molar-refractivity contribution in [3.8, 4) is 17.1 Å². The number of anilines is 1. The van der Waals surface area contributed by atoms with Crippen molar-refractivity contribution in [1.82, 2.24) is 15.3 Å². The Labute approximate surface area is 222 Å². The van der Waals surface area contributed by atoms with Crippen LogP contribution in [-0.4, -0.2) is 48.2 Å². The number of hydrogen-bond acceptors (Lipinski definition) is 7. The number of rotatable bonds is 10. The number of carbonyl (C=O) groups is 1. The second-order valence-electron chi connectivity index (χ2n) is 10.6. The van der Waals surface area contributed by atoms with E-state index >= 15 is 0 Å². The van der Waals surface area contributed by atoms with Gasteiger partial charge in [0.05, 0.1) is 16.2 Å². The minimum absolute atomic E-state index is 0.0913. The van der Waals surface area contributed by atoms with E-state index in [9.17, 15) is 18.3 Å². The van der Waals surface area contributed by atoms with E-state index < -0.39 is 16.0 Å². The number of nitrogens with zero attached hydrogens (tertiary/aromatic N) is 2. The van der Waals surface area contributed by atoms with E-state index in [2.05, 4.69) is 26.9 Å². The monoisotopic (exact) mass is 536 g/mol. The van der Waals surface area contributed by atoms with E-state index in [1.165, 1.54) is 43.9 Å². The number of hydrogen-bond donors (Lipinski definition) is 3. The van der Waals surface area contributed by atoms with Crippen molar-refractivity contribution in [2.24, 2.45) is 5.41 Å². The van der Waals surface area contributed by atoms with Crippen LogP contribution < -0.4 is 14.8 Å². The molecule has 200 valence electrons. The van der Waals surface area contributed by atoms with Gasteiger partial charge in [-0.25, -0.2) is 22.9 Å². The first-order chi connectivity index (χ1) is 18.0. The fourth-order valence-corrected chi connectivity index (χ4v) is 6.21. The first kappa shape index (κ1) is 26.1. The Morgan fingerprint density at radius 2 is 1.79 bits per heavy atom. The lowest BCUT2D eigenvalue weighted by molar-refractivity contribution is 0.0696. The number of carboxylic acid groups (broad SMARTS) is 1. The van der Waals surface area contributed by atoms with Gasteiger partial charge in [0.15, 0.2) is 0 Å². The molecule has 1 heterocycles. The Kier molecular flexibility index (Phi) is 6.87. The van der Waals surface area contributed by atoms with E-state index in [4.69, 9.17) is 4.74 Å². The molecule has 0 radical (unpaired) electrons. The Balaban J connectivity index is 1.40. The van der Waals surface area contributed by atoms with Crippen LogP contribution in [0.4, 0.5) is 5.95 Å². The van der Waals surface area contributed by atoms with Crippen molar-refractivity contribution in [3.05, 3.63) is 65.2 Å². The van der Waals surface area contributed by atoms with Crippen LogP contribution in [0.15, 0.2) is 53.4 Å². The Hall–Kier alpha value is -3.50. The molecule has 2 saturated carbocycles. The van der Waals surface area contributed by atoms with Crippen molar-refractivity contribution < 1.29 is 23.1 Å². The van der Waals surface area contributed by atoms with E-state index in [0.717, 1.165) is 22.8 Å². The molecule has 0 aliphatic heterocycles. The van der Waals surface area contributed by atoms with Gasteiger partial charge in [-0.3, -0.25) is 0 Å². The number of sulfonamides is 1. The minimum atomic E-state index is -4.16. The second-order valence-corrected chi connectivity index (χ2v) is 12.3. The smallest absolute Gasteiger partial charge is 0.335 e. The van der Waals surface area contributed by atoms with Gasteiger partial charge in [0.1, 0.15) is 6.61 Å². The lowest BCUT2D eigenvalue weighted by Gasteiger charge is -2.38. The van der Waals surface area contributed by atoms with Crippen LogP contribution >= 0.6 is 0 Å². The molecular formula is C28H32N4O5S. The summed E-state index contributed by atoms with van der Waals surface area (Å²) in [5.41, 5.74) is 3.82. The molecule has 2 fully saturated rings. The van der Waals surface area contributed by atoms with Crippen molar-refractivity contribution in [1.29, 1.82) is 0 Å². The van der Waals surface area contributed by atoms with E-state index in [-0.39, 0.29) is 28.3 Å². The van der Waals surface area contributed by atoms with Crippen molar-refractivity contribution in [3.63, 3.8) is 0 Å². The zero-order valence-corrected chi connectivity index (χ0v) is 22.5. The molecule has 0 saturated heterocycles. The third kappa shape index (κ3) is 5.66. The summed E-state index contributed by atoms with van der Waals surface area (Å²) in [7, 11) is -4.16. The summed E-state index contributed by atoms with van der Waals surface area (Å²) in [5.74, 6) is -1.13. The fourth-order valence-electron chi connectivity index (χ4n) is 5.22. The van der Waals surface area contributed by atoms with Crippen LogP contribution in [-0.2, 0) is 10.0 Å². The molecule has 2 aliphatic carbocycles. The van der Waals surface area contributed by atoms with E-state index in [1.807, 2.05) is 32.0 Å². The normalized spacial score (nSPS) is 17.0. The lowest BCUT2D eigenvalue weighted by Crippen LogP contribution is -2.48. The van der Waals surface area contributed by atoms with Gasteiger partial charge in [0.25, 0.3) is 10.0 Å². The maximum absolute atomic E-state index is 13.1. The third-order valence-electron chi connectivity index (χ3n) is 7.37. The summed E-state index contributed by atoms with van der Waals surface area (Å²) >= 11 is 0. The van der Waals surface area contributed by atoms with E-state index in [0.29, 0.717) is 23.8 Å². The molecule has 1 aromatic heterocycles. The maximum atomic E-state index is 13.1. The zero-order valence-electron chi connectivity index (χ0n) is 21.7. The molecule has 3 aromatic rings. The molecule has 10 heteroatoms. The highest BCUT2D eigenvalue weighted by Gasteiger charge is 2.52. The van der Waals surface area contributed by atoms with Gasteiger partial charge < -0.3 is 15.2 Å². The predicted octanol–water partition coefficient (Wildman–Crippen LogP) is 4.56. The number of aromatic nitrogens is 2. The minimum Gasteiger partial charge on any atom is -0.478 e. The quantitative estimate of drug-likeness (QED) is 0.344. The lowest BCUT2D eigenvalue weighted by atomic mass is 9.77. The van der Waals surface area contributed by atoms with Gasteiger partial charge in [-0.05, 0) is 81.2 Å². The molecule has 0 unspecified atom stereocenters. The van der Waals surface area contributed by atoms with Crippen molar-refractivity contribution in [2.45, 2.75) is 63.4 Å². The molecule has 0 amide bonds. The summed E-state index contributed by atoms with van der Waals surface area (Å²) in [6.07, 6.45) is 5.13. The molecule has 5 rings (SSSR count). The number of nitrogens with one attached hydrogen (secondary N) is 2. The van der Waals surface area contributed by atoms with Gasteiger partial charge >= 0.3 is 5.97 Å². The zero-order chi connectivity index (χ0) is 27.1. The molecule has 1 atom stereocenters. The highest BCUT2D eigenvalue weighted by Crippen LogP contribution is 2.60. The molecule has 0 bridgehead atoms. The average molecular weight is 537 g/mol. The number of ether oxygens (including phenoxy) is 1. The molecule has 1 spiro atoms. The Bertz CT molecular complexity index is 1460. The molecule has 2 aliphatic rings. The SMILES string of the molecule is Cc1cccc(C)c1-c1cc(OC[C@@H](C)NC2CC3(CC3)C2)nc(NS(=O)(=O)c2cccc(C(=O)O)c2)n1. The van der Waals surface area contributed by atoms with Crippen molar-refractivity contribution in [2.75, 3.05) is 11.3 Å². The summed E-state index contributed by atoms with van der Waals surface area (Å²) in [5, 5.41) is 12.9. The third-order valence-corrected chi connectivity index (χ3v) is 8.70. The van der Waals surface area contributed by atoms with Gasteiger partial charge in [-0.2, -0.15) is 4.98 Å². The summed E-state index contributed by atoms with van der Waals surface area (Å²) in [6.45, 7) is 6.34. The molecule has 9 nitrogen and oxygen atoms in total. The topological polar surface area (TPSA) is 131 Å². The van der Waals surface area contributed by atoms with Gasteiger partial charge in [0.2, 0.25) is 11.8 Å². The summed E-state index contributed by atoms with van der Waals surface area (Å²) in [4.78, 5) is 20.0. The van der Waals surface area contributed by atoms with E-state index in [1.54, 1.807) is 6.07 Å². The van der Waals surface area contributed by atoms with Crippen LogP contribution in [0.3, 0.4) is 0 Å². The maximum Gasteiger partial charge on any atom is 0.335 e. The molecule has 38 heavy (non-hydrogen) atoms. The molecule has 2 aromatic carbocycles. The Morgan fingerprint density at radius 1 is 1.11 bits per heavy atom. The van der Waals surface area contributed by atoms with Crippen LogP contribution in [0, 0.1) is 19.3 Å². The highest BCUT2D eigenvalue weighted by molar-refractivity contribution is 7.92. The van der Waals surface area contributed by atoms with Gasteiger partial charge in [0, 0.05) is 23.7 Å². The van der Waals surface area contributed by atoms with Crippen LogP contribution in [0.1, 0.15) is 54.1 Å². The number of aryl methyl sites for hydroxylation is 2. The first-order valence-electron chi connectivity index (χ1n) is 12.7. The van der Waals surface area contributed by atoms with Crippen LogP contribution in [0.5, 0.6) is 5.88 Å². The second kappa shape index (κ2) is 9.99. The van der Waals surface area contributed by atoms with Gasteiger partial charge in [-0.15, -0.1) is 0 Å².